The third-order valence-electron chi connectivity index (χ3n) is 4.02. The van der Waals surface area contributed by atoms with Crippen LogP contribution in [-0.4, -0.2) is 29.3 Å². The average Bonchev–Trinajstić information content (AvgIpc) is 3.04. The smallest absolute Gasteiger partial charge is 0.338 e. The molecule has 0 saturated carbocycles. The lowest BCUT2D eigenvalue weighted by Gasteiger charge is -2.03. The summed E-state index contributed by atoms with van der Waals surface area (Å²) >= 11 is 2.98. The second-order valence-electron chi connectivity index (χ2n) is 5.68. The monoisotopic (exact) mass is 400 g/mol. The number of aryl methyl sites for hydroxylation is 1. The van der Waals surface area contributed by atoms with Crippen LogP contribution >= 0.6 is 23.1 Å². The molecule has 0 aliphatic rings. The zero-order valence-corrected chi connectivity index (χ0v) is 17.0. The zero-order chi connectivity index (χ0) is 19.4. The standard InChI is InChI=1S/C20H20N2O3S2/c1-4-22-16-10-9-14(19(24)25-5-2)12-17(16)27-20(22)21-18(23)13-7-6-8-15(11-13)26-3/h6-12H,4-5H2,1-3H3. The molecule has 0 bridgehead atoms. The number of esters is 1. The van der Waals surface area contributed by atoms with E-state index in [1.54, 1.807) is 36.9 Å². The second kappa shape index (κ2) is 8.54. The molecule has 1 aromatic heterocycles. The van der Waals surface area contributed by atoms with Gasteiger partial charge < -0.3 is 9.30 Å². The van der Waals surface area contributed by atoms with Crippen LogP contribution in [0.15, 0.2) is 52.4 Å². The molecule has 2 aromatic carbocycles. The number of aromatic nitrogens is 1. The lowest BCUT2D eigenvalue weighted by molar-refractivity contribution is 0.0526. The van der Waals surface area contributed by atoms with Gasteiger partial charge in [0.15, 0.2) is 4.80 Å². The van der Waals surface area contributed by atoms with Gasteiger partial charge in [0.25, 0.3) is 5.91 Å². The largest absolute Gasteiger partial charge is 0.462 e. The van der Waals surface area contributed by atoms with Crippen molar-refractivity contribution < 1.29 is 14.3 Å². The van der Waals surface area contributed by atoms with Crippen molar-refractivity contribution in [2.24, 2.45) is 4.99 Å². The van der Waals surface area contributed by atoms with Crippen LogP contribution in [0.3, 0.4) is 0 Å². The van der Waals surface area contributed by atoms with Crippen molar-refractivity contribution in [3.05, 3.63) is 58.4 Å². The average molecular weight is 401 g/mol. The second-order valence-corrected chi connectivity index (χ2v) is 7.57. The Morgan fingerprint density at radius 3 is 2.67 bits per heavy atom. The van der Waals surface area contributed by atoms with E-state index in [0.29, 0.717) is 29.1 Å². The fourth-order valence-electron chi connectivity index (χ4n) is 2.71. The van der Waals surface area contributed by atoms with Crippen LogP contribution in [0.25, 0.3) is 10.2 Å². The van der Waals surface area contributed by atoms with Crippen molar-refractivity contribution in [1.82, 2.24) is 4.57 Å². The molecule has 0 aliphatic carbocycles. The quantitative estimate of drug-likeness (QED) is 0.472. The van der Waals surface area contributed by atoms with Gasteiger partial charge in [0.1, 0.15) is 0 Å². The predicted octanol–water partition coefficient (Wildman–Crippen LogP) is 4.36. The summed E-state index contributed by atoms with van der Waals surface area (Å²) in [5.74, 6) is -0.621. The minimum absolute atomic E-state index is 0.273. The molecule has 7 heteroatoms. The number of benzene rings is 2. The first-order valence-corrected chi connectivity index (χ1v) is 10.6. The fourth-order valence-corrected chi connectivity index (χ4v) is 4.30. The molecule has 3 aromatic rings. The summed E-state index contributed by atoms with van der Waals surface area (Å²) in [6.07, 6.45) is 1.97. The van der Waals surface area contributed by atoms with Gasteiger partial charge in [-0.25, -0.2) is 4.79 Å². The normalized spacial score (nSPS) is 11.7. The van der Waals surface area contributed by atoms with Gasteiger partial charge in [-0.05, 0) is 56.5 Å². The van der Waals surface area contributed by atoms with E-state index < -0.39 is 0 Å². The Labute approximate surface area is 165 Å². The molecule has 1 amide bonds. The highest BCUT2D eigenvalue weighted by Gasteiger charge is 2.12. The summed E-state index contributed by atoms with van der Waals surface area (Å²) < 4.78 is 7.94. The van der Waals surface area contributed by atoms with Crippen molar-refractivity contribution in [1.29, 1.82) is 0 Å². The van der Waals surface area contributed by atoms with Crippen LogP contribution in [0.4, 0.5) is 0 Å². The number of thioether (sulfide) groups is 1. The molecule has 0 spiro atoms. The third kappa shape index (κ3) is 4.14. The number of carbonyl (C=O) groups excluding carboxylic acids is 2. The highest BCUT2D eigenvalue weighted by atomic mass is 32.2. The predicted molar refractivity (Wildman–Crippen MR) is 110 cm³/mol. The van der Waals surface area contributed by atoms with Gasteiger partial charge in [0, 0.05) is 17.0 Å². The number of nitrogens with zero attached hydrogens (tertiary/aromatic N) is 2. The molecule has 27 heavy (non-hydrogen) atoms. The Hall–Kier alpha value is -2.38. The molecule has 1 heterocycles. The van der Waals surface area contributed by atoms with Crippen LogP contribution in [0.1, 0.15) is 34.6 Å². The Balaban J connectivity index is 2.06. The maximum atomic E-state index is 12.6. The Kier molecular flexibility index (Phi) is 6.13. The molecule has 0 atom stereocenters. The van der Waals surface area contributed by atoms with Gasteiger partial charge >= 0.3 is 5.97 Å². The highest BCUT2D eigenvalue weighted by molar-refractivity contribution is 7.98. The molecule has 140 valence electrons. The topological polar surface area (TPSA) is 60.7 Å². The summed E-state index contributed by atoms with van der Waals surface area (Å²) in [5.41, 5.74) is 2.01. The van der Waals surface area contributed by atoms with Crippen LogP contribution in [0.2, 0.25) is 0 Å². The molecule has 0 aliphatic heterocycles. The van der Waals surface area contributed by atoms with E-state index >= 15 is 0 Å². The first-order valence-electron chi connectivity index (χ1n) is 8.61. The minimum Gasteiger partial charge on any atom is -0.462 e. The number of fused-ring (bicyclic) bond motifs is 1. The van der Waals surface area contributed by atoms with E-state index in [9.17, 15) is 9.59 Å². The zero-order valence-electron chi connectivity index (χ0n) is 15.4. The van der Waals surface area contributed by atoms with E-state index in [-0.39, 0.29) is 11.9 Å². The van der Waals surface area contributed by atoms with Crippen LogP contribution in [0, 0.1) is 0 Å². The van der Waals surface area contributed by atoms with Gasteiger partial charge in [-0.3, -0.25) is 4.79 Å². The van der Waals surface area contributed by atoms with E-state index in [2.05, 4.69) is 4.99 Å². The fraction of sp³-hybridized carbons (Fsp3) is 0.250. The summed E-state index contributed by atoms with van der Waals surface area (Å²) in [6, 6.07) is 12.9. The van der Waals surface area contributed by atoms with Gasteiger partial charge in [-0.1, -0.05) is 17.4 Å². The Bertz CT molecular complexity index is 1070. The van der Waals surface area contributed by atoms with E-state index in [1.165, 1.54) is 11.3 Å². The van der Waals surface area contributed by atoms with Crippen LogP contribution in [0.5, 0.6) is 0 Å². The lowest BCUT2D eigenvalue weighted by atomic mass is 10.2. The Morgan fingerprint density at radius 1 is 1.15 bits per heavy atom. The van der Waals surface area contributed by atoms with Crippen molar-refractivity contribution in [3.63, 3.8) is 0 Å². The highest BCUT2D eigenvalue weighted by Crippen LogP contribution is 2.20. The molecular weight excluding hydrogens is 380 g/mol. The van der Waals surface area contributed by atoms with Gasteiger partial charge in [0.2, 0.25) is 0 Å². The molecule has 0 saturated heterocycles. The first-order chi connectivity index (χ1) is 13.1. The molecule has 5 nitrogen and oxygen atoms in total. The molecular formula is C20H20N2O3S2. The lowest BCUT2D eigenvalue weighted by Crippen LogP contribution is -2.15. The van der Waals surface area contributed by atoms with Crippen LogP contribution < -0.4 is 4.80 Å². The van der Waals surface area contributed by atoms with E-state index in [1.807, 2.05) is 42.0 Å². The summed E-state index contributed by atoms with van der Waals surface area (Å²) in [4.78, 5) is 30.6. The maximum Gasteiger partial charge on any atom is 0.338 e. The first kappa shape index (κ1) is 19.4. The number of thiazole rings is 1. The van der Waals surface area contributed by atoms with Crippen molar-refractivity contribution >= 4 is 45.2 Å². The number of ether oxygens (including phenoxy) is 1. The molecule has 0 unspecified atom stereocenters. The van der Waals surface area contributed by atoms with E-state index in [4.69, 9.17) is 4.74 Å². The summed E-state index contributed by atoms with van der Waals surface area (Å²) in [7, 11) is 0. The maximum absolute atomic E-state index is 12.6. The molecule has 0 fully saturated rings. The van der Waals surface area contributed by atoms with Gasteiger partial charge in [0.05, 0.1) is 22.4 Å². The SMILES string of the molecule is CCOC(=O)c1ccc2c(c1)sc(=NC(=O)c1cccc(SC)c1)n2CC. The van der Waals surface area contributed by atoms with Crippen molar-refractivity contribution in [2.75, 3.05) is 12.9 Å². The molecule has 0 radical (unpaired) electrons. The number of carbonyl (C=O) groups is 2. The number of hydrogen-bond donors (Lipinski definition) is 0. The van der Waals surface area contributed by atoms with Gasteiger partial charge in [-0.2, -0.15) is 4.99 Å². The number of rotatable bonds is 5. The molecule has 0 N–H and O–H groups in total. The Morgan fingerprint density at radius 2 is 1.96 bits per heavy atom. The molecule has 3 rings (SSSR count). The van der Waals surface area contributed by atoms with E-state index in [0.717, 1.165) is 15.1 Å². The van der Waals surface area contributed by atoms with Crippen LogP contribution in [-0.2, 0) is 11.3 Å². The number of amides is 1. The minimum atomic E-state index is -0.348. The summed E-state index contributed by atoms with van der Waals surface area (Å²) in [6.45, 7) is 4.79. The number of hydrogen-bond acceptors (Lipinski definition) is 5. The van der Waals surface area contributed by atoms with Crippen molar-refractivity contribution in [3.8, 4) is 0 Å². The van der Waals surface area contributed by atoms with Crippen molar-refractivity contribution in [2.45, 2.75) is 25.3 Å². The summed E-state index contributed by atoms with van der Waals surface area (Å²) in [5, 5.41) is 0. The van der Waals surface area contributed by atoms with Gasteiger partial charge in [-0.15, -0.1) is 11.8 Å². The third-order valence-corrected chi connectivity index (χ3v) is 5.79.